The van der Waals surface area contributed by atoms with Crippen LogP contribution in [0.25, 0.3) is 0 Å². The van der Waals surface area contributed by atoms with E-state index in [4.69, 9.17) is 16.4 Å². The number of carbonyl (C=O) groups excluding carboxylic acids is 1. The quantitative estimate of drug-likeness (QED) is 0.707. The fraction of sp³-hybridized carbons (Fsp3) is 0.455. The molecule has 1 aromatic heterocycles. The molecular formula is C11H13ClN2O2. The predicted octanol–water partition coefficient (Wildman–Crippen LogP) is 2.21. The fourth-order valence-electron chi connectivity index (χ4n) is 1.65. The summed E-state index contributed by atoms with van der Waals surface area (Å²) in [4.78, 5) is 21.3. The van der Waals surface area contributed by atoms with Crippen LogP contribution in [0.3, 0.4) is 0 Å². The zero-order valence-electron chi connectivity index (χ0n) is 9.07. The van der Waals surface area contributed by atoms with Crippen molar-refractivity contribution in [2.75, 3.05) is 13.2 Å². The average molecular weight is 241 g/mol. The van der Waals surface area contributed by atoms with Crippen LogP contribution in [0.15, 0.2) is 12.1 Å². The minimum atomic E-state index is -0.146. The number of hydroxylamine groups is 2. The lowest BCUT2D eigenvalue weighted by Gasteiger charge is -2.25. The summed E-state index contributed by atoms with van der Waals surface area (Å²) in [6.07, 6.45) is 1.98. The Kier molecular flexibility index (Phi) is 3.41. The van der Waals surface area contributed by atoms with Crippen LogP contribution in [-0.4, -0.2) is 29.1 Å². The Morgan fingerprint density at radius 1 is 1.50 bits per heavy atom. The van der Waals surface area contributed by atoms with Crippen molar-refractivity contribution in [2.45, 2.75) is 19.8 Å². The second-order valence-electron chi connectivity index (χ2n) is 3.77. The van der Waals surface area contributed by atoms with E-state index in [2.05, 4.69) is 4.98 Å². The van der Waals surface area contributed by atoms with Gasteiger partial charge in [0, 0.05) is 17.8 Å². The molecule has 0 spiro atoms. The van der Waals surface area contributed by atoms with E-state index in [0.29, 0.717) is 23.9 Å². The molecule has 0 bridgehead atoms. The highest BCUT2D eigenvalue weighted by Gasteiger charge is 2.20. The SMILES string of the molecule is Cc1cc(C(=O)N2CCCCO2)cc(Cl)n1. The van der Waals surface area contributed by atoms with Crippen molar-refractivity contribution in [3.63, 3.8) is 0 Å². The molecule has 2 rings (SSSR count). The molecule has 5 heteroatoms. The van der Waals surface area contributed by atoms with Gasteiger partial charge in [-0.2, -0.15) is 0 Å². The molecule has 1 aromatic rings. The van der Waals surface area contributed by atoms with Gasteiger partial charge in [-0.05, 0) is 31.9 Å². The lowest BCUT2D eigenvalue weighted by Crippen LogP contribution is -2.35. The zero-order valence-corrected chi connectivity index (χ0v) is 9.83. The molecule has 0 saturated carbocycles. The van der Waals surface area contributed by atoms with Crippen LogP contribution in [0.5, 0.6) is 0 Å². The Morgan fingerprint density at radius 2 is 2.31 bits per heavy atom. The Hall–Kier alpha value is -1.13. The number of hydrogen-bond donors (Lipinski definition) is 0. The normalized spacial score (nSPS) is 16.2. The second-order valence-corrected chi connectivity index (χ2v) is 4.15. The monoisotopic (exact) mass is 240 g/mol. The third kappa shape index (κ3) is 2.51. The molecular weight excluding hydrogens is 228 g/mol. The van der Waals surface area contributed by atoms with Crippen molar-refractivity contribution in [3.8, 4) is 0 Å². The zero-order chi connectivity index (χ0) is 11.5. The number of pyridine rings is 1. The number of aryl methyl sites for hydroxylation is 1. The number of halogens is 1. The second kappa shape index (κ2) is 4.80. The largest absolute Gasteiger partial charge is 0.277 e. The smallest absolute Gasteiger partial charge is 0.271 e. The highest BCUT2D eigenvalue weighted by molar-refractivity contribution is 6.29. The van der Waals surface area contributed by atoms with Crippen molar-refractivity contribution < 1.29 is 9.63 Å². The first kappa shape index (κ1) is 11.4. The molecule has 1 aliphatic rings. The van der Waals surface area contributed by atoms with Crippen LogP contribution in [0.2, 0.25) is 5.15 Å². The highest BCUT2D eigenvalue weighted by Crippen LogP contribution is 2.15. The summed E-state index contributed by atoms with van der Waals surface area (Å²) in [6, 6.07) is 3.28. The Morgan fingerprint density at radius 3 is 2.94 bits per heavy atom. The minimum Gasteiger partial charge on any atom is -0.271 e. The maximum absolute atomic E-state index is 12.0. The number of hydrogen-bond acceptors (Lipinski definition) is 3. The predicted molar refractivity (Wildman–Crippen MR) is 60.2 cm³/mol. The summed E-state index contributed by atoms with van der Waals surface area (Å²) >= 11 is 5.81. The molecule has 86 valence electrons. The van der Waals surface area contributed by atoms with Gasteiger partial charge in [0.25, 0.3) is 5.91 Å². The molecule has 0 radical (unpaired) electrons. The van der Waals surface area contributed by atoms with Gasteiger partial charge in [-0.15, -0.1) is 0 Å². The molecule has 2 heterocycles. The fourth-order valence-corrected chi connectivity index (χ4v) is 1.90. The summed E-state index contributed by atoms with van der Waals surface area (Å²) in [6.45, 7) is 3.04. The lowest BCUT2D eigenvalue weighted by atomic mass is 10.2. The first-order chi connectivity index (χ1) is 7.66. The van der Waals surface area contributed by atoms with Gasteiger partial charge in [0.15, 0.2) is 0 Å². The molecule has 0 N–H and O–H groups in total. The molecule has 0 aromatic carbocycles. The number of carbonyl (C=O) groups is 1. The van der Waals surface area contributed by atoms with Crippen molar-refractivity contribution in [1.29, 1.82) is 0 Å². The molecule has 0 unspecified atom stereocenters. The Labute approximate surface area is 99.1 Å². The number of nitrogens with zero attached hydrogens (tertiary/aromatic N) is 2. The minimum absolute atomic E-state index is 0.146. The van der Waals surface area contributed by atoms with Gasteiger partial charge in [0.2, 0.25) is 0 Å². The molecule has 4 nitrogen and oxygen atoms in total. The first-order valence-corrected chi connectivity index (χ1v) is 5.63. The van der Waals surface area contributed by atoms with E-state index in [1.54, 1.807) is 19.1 Å². The molecule has 0 aliphatic carbocycles. The topological polar surface area (TPSA) is 42.4 Å². The van der Waals surface area contributed by atoms with Gasteiger partial charge in [0.1, 0.15) is 5.15 Å². The number of aromatic nitrogens is 1. The molecule has 1 saturated heterocycles. The van der Waals surface area contributed by atoms with Crippen molar-refractivity contribution in [3.05, 3.63) is 28.5 Å². The van der Waals surface area contributed by atoms with Crippen LogP contribution in [0.4, 0.5) is 0 Å². The summed E-state index contributed by atoms with van der Waals surface area (Å²) in [5, 5.41) is 1.73. The van der Waals surface area contributed by atoms with Gasteiger partial charge < -0.3 is 0 Å². The summed E-state index contributed by atoms with van der Waals surface area (Å²) in [7, 11) is 0. The van der Waals surface area contributed by atoms with Crippen LogP contribution < -0.4 is 0 Å². The van der Waals surface area contributed by atoms with Gasteiger partial charge in [0.05, 0.1) is 6.61 Å². The van der Waals surface area contributed by atoms with Crippen molar-refractivity contribution in [1.82, 2.24) is 10.0 Å². The van der Waals surface area contributed by atoms with E-state index >= 15 is 0 Å². The summed E-state index contributed by atoms with van der Waals surface area (Å²) in [5.74, 6) is -0.146. The molecule has 1 amide bonds. The maximum Gasteiger partial charge on any atom is 0.277 e. The number of amides is 1. The Balaban J connectivity index is 2.19. The van der Waals surface area contributed by atoms with Crippen molar-refractivity contribution >= 4 is 17.5 Å². The van der Waals surface area contributed by atoms with Gasteiger partial charge >= 0.3 is 0 Å². The van der Waals surface area contributed by atoms with E-state index in [9.17, 15) is 4.79 Å². The van der Waals surface area contributed by atoms with E-state index in [1.807, 2.05) is 0 Å². The third-order valence-corrected chi connectivity index (χ3v) is 2.59. The van der Waals surface area contributed by atoms with E-state index < -0.39 is 0 Å². The van der Waals surface area contributed by atoms with Gasteiger partial charge in [-0.3, -0.25) is 9.63 Å². The summed E-state index contributed by atoms with van der Waals surface area (Å²) in [5.41, 5.74) is 1.26. The maximum atomic E-state index is 12.0. The van der Waals surface area contributed by atoms with Crippen LogP contribution in [0, 0.1) is 6.92 Å². The van der Waals surface area contributed by atoms with Crippen LogP contribution in [0.1, 0.15) is 28.9 Å². The molecule has 1 aliphatic heterocycles. The number of rotatable bonds is 1. The van der Waals surface area contributed by atoms with Gasteiger partial charge in [-0.1, -0.05) is 11.6 Å². The molecule has 0 atom stereocenters. The van der Waals surface area contributed by atoms with E-state index in [-0.39, 0.29) is 5.91 Å². The molecule has 1 fully saturated rings. The summed E-state index contributed by atoms with van der Waals surface area (Å²) < 4.78 is 0. The van der Waals surface area contributed by atoms with Gasteiger partial charge in [-0.25, -0.2) is 10.0 Å². The van der Waals surface area contributed by atoms with Crippen LogP contribution in [-0.2, 0) is 4.84 Å². The average Bonchev–Trinajstić information content (AvgIpc) is 2.28. The standard InChI is InChI=1S/C11H13ClN2O2/c1-8-6-9(7-10(12)13-8)11(15)14-4-2-3-5-16-14/h6-7H,2-5H2,1H3. The van der Waals surface area contributed by atoms with Crippen molar-refractivity contribution in [2.24, 2.45) is 0 Å². The first-order valence-electron chi connectivity index (χ1n) is 5.26. The van der Waals surface area contributed by atoms with Crippen LogP contribution >= 0.6 is 11.6 Å². The van der Waals surface area contributed by atoms with E-state index in [0.717, 1.165) is 18.5 Å². The third-order valence-electron chi connectivity index (χ3n) is 2.40. The molecule has 16 heavy (non-hydrogen) atoms. The lowest BCUT2D eigenvalue weighted by molar-refractivity contribution is -0.144. The Bertz CT molecular complexity index is 383. The highest BCUT2D eigenvalue weighted by atomic mass is 35.5. The van der Waals surface area contributed by atoms with E-state index in [1.165, 1.54) is 5.06 Å².